The number of phenols is 1. The number of nitrogens with zero attached hydrogens (tertiary/aromatic N) is 2. The molecule has 4 nitrogen and oxygen atoms in total. The second-order valence-electron chi connectivity index (χ2n) is 4.01. The lowest BCUT2D eigenvalue weighted by Crippen LogP contribution is -2.41. The summed E-state index contributed by atoms with van der Waals surface area (Å²) in [6.07, 6.45) is 0. The van der Waals surface area contributed by atoms with Crippen molar-refractivity contribution in [1.82, 2.24) is 4.90 Å². The Hall–Kier alpha value is -1.71. The number of rotatable bonds is 3. The molecule has 0 radical (unpaired) electrons. The Morgan fingerprint density at radius 2 is 1.94 bits per heavy atom. The van der Waals surface area contributed by atoms with Crippen LogP contribution in [0.1, 0.15) is 19.4 Å². The summed E-state index contributed by atoms with van der Waals surface area (Å²) in [5, 5.41) is 9.51. The van der Waals surface area contributed by atoms with E-state index >= 15 is 0 Å². The Bertz CT molecular complexity index is 404. The summed E-state index contributed by atoms with van der Waals surface area (Å²) in [5.41, 5.74) is 1.74. The third-order valence-electron chi connectivity index (χ3n) is 2.83. The van der Waals surface area contributed by atoms with Gasteiger partial charge in [0.1, 0.15) is 5.75 Å². The summed E-state index contributed by atoms with van der Waals surface area (Å²) >= 11 is 0. The van der Waals surface area contributed by atoms with E-state index in [1.165, 1.54) is 0 Å². The van der Waals surface area contributed by atoms with E-state index in [1.807, 2.05) is 26.8 Å². The van der Waals surface area contributed by atoms with Gasteiger partial charge in [-0.3, -0.25) is 4.90 Å². The van der Waals surface area contributed by atoms with E-state index < -0.39 is 0 Å². The van der Waals surface area contributed by atoms with Crippen LogP contribution in [0.4, 0.5) is 10.5 Å². The number of amides is 2. The van der Waals surface area contributed by atoms with Crippen LogP contribution in [0, 0.1) is 6.92 Å². The first-order valence-electron chi connectivity index (χ1n) is 5.83. The third kappa shape index (κ3) is 2.90. The predicted octanol–water partition coefficient (Wildman–Crippen LogP) is 2.60. The minimum absolute atomic E-state index is 0.0521. The molecule has 1 N–H and O–H groups in total. The van der Waals surface area contributed by atoms with Crippen LogP contribution in [-0.2, 0) is 0 Å². The van der Waals surface area contributed by atoms with Crippen molar-refractivity contribution in [2.45, 2.75) is 20.8 Å². The van der Waals surface area contributed by atoms with Crippen LogP contribution in [0.2, 0.25) is 0 Å². The van der Waals surface area contributed by atoms with Crippen molar-refractivity contribution >= 4 is 11.7 Å². The van der Waals surface area contributed by atoms with Gasteiger partial charge in [0.15, 0.2) is 0 Å². The third-order valence-corrected chi connectivity index (χ3v) is 2.83. The first-order valence-corrected chi connectivity index (χ1v) is 5.83. The van der Waals surface area contributed by atoms with Crippen molar-refractivity contribution in [3.05, 3.63) is 23.8 Å². The molecule has 0 aliphatic heterocycles. The normalized spacial score (nSPS) is 10.1. The number of aryl methyl sites for hydroxylation is 1. The summed E-state index contributed by atoms with van der Waals surface area (Å²) < 4.78 is 0. The van der Waals surface area contributed by atoms with Crippen LogP contribution >= 0.6 is 0 Å². The summed E-state index contributed by atoms with van der Waals surface area (Å²) in [6.45, 7) is 7.02. The van der Waals surface area contributed by atoms with E-state index in [-0.39, 0.29) is 11.8 Å². The monoisotopic (exact) mass is 236 g/mol. The standard InChI is InChI=1S/C13H20N2O2/c1-5-14(4)13(17)15(6-2)12-9-11(16)8-7-10(12)3/h7-9,16H,5-6H2,1-4H3. The Morgan fingerprint density at radius 3 is 2.47 bits per heavy atom. The van der Waals surface area contributed by atoms with Crippen molar-refractivity contribution in [1.29, 1.82) is 0 Å². The van der Waals surface area contributed by atoms with Gasteiger partial charge in [0.25, 0.3) is 0 Å². The quantitative estimate of drug-likeness (QED) is 0.876. The van der Waals surface area contributed by atoms with Crippen LogP contribution < -0.4 is 4.90 Å². The van der Waals surface area contributed by atoms with Gasteiger partial charge in [-0.15, -0.1) is 0 Å². The molecule has 0 unspecified atom stereocenters. The fraction of sp³-hybridized carbons (Fsp3) is 0.462. The molecule has 0 saturated heterocycles. The average molecular weight is 236 g/mol. The van der Waals surface area contributed by atoms with Crippen LogP contribution in [-0.4, -0.2) is 36.2 Å². The van der Waals surface area contributed by atoms with Gasteiger partial charge in [-0.2, -0.15) is 0 Å². The SMILES string of the molecule is CCN(C)C(=O)N(CC)c1cc(O)ccc1C. The van der Waals surface area contributed by atoms with E-state index in [4.69, 9.17) is 0 Å². The highest BCUT2D eigenvalue weighted by Crippen LogP contribution is 2.25. The Morgan fingerprint density at radius 1 is 1.29 bits per heavy atom. The molecule has 4 heteroatoms. The Kier molecular flexibility index (Phi) is 4.37. The molecule has 0 aromatic heterocycles. The Balaban J connectivity index is 3.09. The lowest BCUT2D eigenvalue weighted by Gasteiger charge is -2.27. The second-order valence-corrected chi connectivity index (χ2v) is 4.01. The van der Waals surface area contributed by atoms with Crippen molar-refractivity contribution in [2.75, 3.05) is 25.0 Å². The first-order chi connectivity index (χ1) is 8.01. The van der Waals surface area contributed by atoms with Crippen molar-refractivity contribution in [3.8, 4) is 5.75 Å². The summed E-state index contributed by atoms with van der Waals surface area (Å²) in [7, 11) is 1.77. The number of carbonyl (C=O) groups excluding carboxylic acids is 1. The maximum absolute atomic E-state index is 12.1. The zero-order valence-electron chi connectivity index (χ0n) is 10.9. The highest BCUT2D eigenvalue weighted by Gasteiger charge is 2.18. The molecule has 0 heterocycles. The molecule has 0 aliphatic carbocycles. The predicted molar refractivity (Wildman–Crippen MR) is 69.6 cm³/mol. The molecule has 17 heavy (non-hydrogen) atoms. The molecule has 0 fully saturated rings. The highest BCUT2D eigenvalue weighted by molar-refractivity contribution is 5.92. The number of hydrogen-bond acceptors (Lipinski definition) is 2. The van der Waals surface area contributed by atoms with Crippen molar-refractivity contribution in [3.63, 3.8) is 0 Å². The van der Waals surface area contributed by atoms with Gasteiger partial charge >= 0.3 is 6.03 Å². The summed E-state index contributed by atoms with van der Waals surface area (Å²) in [5.74, 6) is 0.177. The molecular weight excluding hydrogens is 216 g/mol. The molecule has 1 aromatic carbocycles. The molecule has 1 aromatic rings. The van der Waals surface area contributed by atoms with Gasteiger partial charge in [0.05, 0.1) is 5.69 Å². The first kappa shape index (κ1) is 13.4. The number of hydrogen-bond donors (Lipinski definition) is 1. The lowest BCUT2D eigenvalue weighted by atomic mass is 10.1. The van der Waals surface area contributed by atoms with Crippen LogP contribution in [0.5, 0.6) is 5.75 Å². The molecule has 0 spiro atoms. The van der Waals surface area contributed by atoms with Crippen molar-refractivity contribution < 1.29 is 9.90 Å². The van der Waals surface area contributed by atoms with Crippen LogP contribution in [0.15, 0.2) is 18.2 Å². The summed E-state index contributed by atoms with van der Waals surface area (Å²) in [4.78, 5) is 15.5. The lowest BCUT2D eigenvalue weighted by molar-refractivity contribution is 0.218. The number of carbonyl (C=O) groups is 1. The van der Waals surface area contributed by atoms with Gasteiger partial charge in [-0.05, 0) is 32.4 Å². The minimum Gasteiger partial charge on any atom is -0.508 e. The minimum atomic E-state index is -0.0521. The molecule has 0 bridgehead atoms. The van der Waals surface area contributed by atoms with E-state index in [1.54, 1.807) is 29.0 Å². The molecule has 94 valence electrons. The van der Waals surface area contributed by atoms with Gasteiger partial charge in [-0.1, -0.05) is 6.07 Å². The molecule has 0 atom stereocenters. The number of anilines is 1. The topological polar surface area (TPSA) is 43.8 Å². The molecule has 0 aliphatic rings. The fourth-order valence-corrected chi connectivity index (χ4v) is 1.64. The van der Waals surface area contributed by atoms with Crippen LogP contribution in [0.3, 0.4) is 0 Å². The molecule has 2 amide bonds. The maximum Gasteiger partial charge on any atom is 0.324 e. The maximum atomic E-state index is 12.1. The smallest absolute Gasteiger partial charge is 0.324 e. The molecular formula is C13H20N2O2. The average Bonchev–Trinajstić information content (AvgIpc) is 2.33. The number of phenolic OH excluding ortho intramolecular Hbond substituents is 1. The molecule has 0 saturated carbocycles. The van der Waals surface area contributed by atoms with Gasteiger partial charge in [0.2, 0.25) is 0 Å². The van der Waals surface area contributed by atoms with E-state index in [0.29, 0.717) is 13.1 Å². The Labute approximate surface area is 102 Å². The number of urea groups is 1. The molecule has 1 rings (SSSR count). The van der Waals surface area contributed by atoms with Crippen molar-refractivity contribution in [2.24, 2.45) is 0 Å². The van der Waals surface area contributed by atoms with Gasteiger partial charge in [-0.25, -0.2) is 4.79 Å². The van der Waals surface area contributed by atoms with E-state index in [9.17, 15) is 9.90 Å². The zero-order chi connectivity index (χ0) is 13.0. The van der Waals surface area contributed by atoms with E-state index in [0.717, 1.165) is 11.3 Å². The highest BCUT2D eigenvalue weighted by atomic mass is 16.3. The van der Waals surface area contributed by atoms with Crippen LogP contribution in [0.25, 0.3) is 0 Å². The largest absolute Gasteiger partial charge is 0.508 e. The number of benzene rings is 1. The fourth-order valence-electron chi connectivity index (χ4n) is 1.64. The second kappa shape index (κ2) is 5.57. The zero-order valence-corrected chi connectivity index (χ0v) is 10.9. The van der Waals surface area contributed by atoms with E-state index in [2.05, 4.69) is 0 Å². The van der Waals surface area contributed by atoms with Gasteiger partial charge < -0.3 is 10.0 Å². The number of aromatic hydroxyl groups is 1. The summed E-state index contributed by atoms with van der Waals surface area (Å²) in [6, 6.07) is 5.01. The van der Waals surface area contributed by atoms with Gasteiger partial charge in [0, 0.05) is 26.2 Å².